The average molecular weight is 513 g/mol. The third-order valence-electron chi connectivity index (χ3n) is 7.60. The Balaban J connectivity index is 1.50. The zero-order chi connectivity index (χ0) is 26.5. The van der Waals surface area contributed by atoms with Crippen molar-refractivity contribution in [2.24, 2.45) is 0 Å². The van der Waals surface area contributed by atoms with Crippen LogP contribution in [0.5, 0.6) is 0 Å². The molecule has 3 heterocycles. The van der Waals surface area contributed by atoms with Gasteiger partial charge in [-0.1, -0.05) is 103 Å². The van der Waals surface area contributed by atoms with Crippen LogP contribution in [0.3, 0.4) is 0 Å². The van der Waals surface area contributed by atoms with Gasteiger partial charge in [-0.2, -0.15) is 0 Å². The molecule has 0 amide bonds. The number of hydrogen-bond donors (Lipinski definition) is 0. The maximum atomic E-state index is 5.33. The number of pyridine rings is 1. The number of rotatable bonds is 4. The standard InChI is InChI=1S/C36H24N4/c1-3-13-25(14-4-1)27-17-7-9-19-29(27)39-30-20-10-8-18-28(30)34-31(39)22-23-32-35(34)38-36(26-15-5-2-6-16-26)40(32)33-21-11-12-24-37-33/h1-24H. The minimum absolute atomic E-state index is 0.848. The molecule has 0 radical (unpaired) electrons. The van der Waals surface area contributed by atoms with Crippen molar-refractivity contribution in [2.75, 3.05) is 0 Å². The first-order valence-electron chi connectivity index (χ1n) is 13.4. The highest BCUT2D eigenvalue weighted by Crippen LogP contribution is 2.40. The first-order chi connectivity index (χ1) is 19.9. The van der Waals surface area contributed by atoms with E-state index in [2.05, 4.69) is 124 Å². The van der Waals surface area contributed by atoms with E-state index in [-0.39, 0.29) is 0 Å². The van der Waals surface area contributed by atoms with Gasteiger partial charge in [0.1, 0.15) is 11.6 Å². The Labute approximate surface area is 231 Å². The Bertz CT molecular complexity index is 2140. The molecule has 0 saturated carbocycles. The lowest BCUT2D eigenvalue weighted by atomic mass is 10.0. The highest BCUT2D eigenvalue weighted by atomic mass is 15.1. The quantitative estimate of drug-likeness (QED) is 0.236. The van der Waals surface area contributed by atoms with Crippen molar-refractivity contribution in [3.05, 3.63) is 146 Å². The Hall–Kier alpha value is -5.48. The normalized spacial score (nSPS) is 11.5. The zero-order valence-corrected chi connectivity index (χ0v) is 21.6. The molecule has 4 heteroatoms. The summed E-state index contributed by atoms with van der Waals surface area (Å²) >= 11 is 0. The number of imidazole rings is 1. The Morgan fingerprint density at radius 3 is 1.95 bits per heavy atom. The van der Waals surface area contributed by atoms with Gasteiger partial charge in [0, 0.05) is 28.1 Å². The van der Waals surface area contributed by atoms with Crippen molar-refractivity contribution >= 4 is 32.8 Å². The molecule has 3 aromatic heterocycles. The van der Waals surface area contributed by atoms with Crippen molar-refractivity contribution < 1.29 is 0 Å². The van der Waals surface area contributed by atoms with Crippen molar-refractivity contribution in [1.29, 1.82) is 0 Å². The van der Waals surface area contributed by atoms with Crippen LogP contribution in [0.4, 0.5) is 0 Å². The van der Waals surface area contributed by atoms with Crippen LogP contribution in [0, 0.1) is 0 Å². The molecule has 0 fully saturated rings. The van der Waals surface area contributed by atoms with E-state index in [4.69, 9.17) is 9.97 Å². The van der Waals surface area contributed by atoms with Gasteiger partial charge in [-0.15, -0.1) is 0 Å². The van der Waals surface area contributed by atoms with Gasteiger partial charge < -0.3 is 4.57 Å². The molecule has 188 valence electrons. The number of aromatic nitrogens is 4. The topological polar surface area (TPSA) is 35.6 Å². The van der Waals surface area contributed by atoms with E-state index in [1.54, 1.807) is 0 Å². The molecule has 0 bridgehead atoms. The molecule has 5 aromatic carbocycles. The summed E-state index contributed by atoms with van der Waals surface area (Å²) in [6.07, 6.45) is 1.83. The molecule has 40 heavy (non-hydrogen) atoms. The van der Waals surface area contributed by atoms with E-state index in [1.165, 1.54) is 16.5 Å². The summed E-state index contributed by atoms with van der Waals surface area (Å²) in [5, 5.41) is 2.32. The van der Waals surface area contributed by atoms with Crippen molar-refractivity contribution in [1.82, 2.24) is 19.1 Å². The molecule has 0 aliphatic rings. The molecule has 0 N–H and O–H groups in total. The number of nitrogens with zero attached hydrogens (tertiary/aromatic N) is 4. The summed E-state index contributed by atoms with van der Waals surface area (Å²) in [5.74, 6) is 1.73. The predicted molar refractivity (Wildman–Crippen MR) is 164 cm³/mol. The molecule has 0 aliphatic carbocycles. The van der Waals surface area contributed by atoms with Crippen LogP contribution in [-0.2, 0) is 0 Å². The lowest BCUT2D eigenvalue weighted by molar-refractivity contribution is 1.03. The molecule has 0 atom stereocenters. The third-order valence-corrected chi connectivity index (χ3v) is 7.60. The van der Waals surface area contributed by atoms with E-state index in [9.17, 15) is 0 Å². The lowest BCUT2D eigenvalue weighted by Gasteiger charge is -2.14. The van der Waals surface area contributed by atoms with Crippen LogP contribution in [0.2, 0.25) is 0 Å². The third kappa shape index (κ3) is 3.40. The van der Waals surface area contributed by atoms with E-state index in [0.29, 0.717) is 0 Å². The largest absolute Gasteiger partial charge is 0.309 e. The summed E-state index contributed by atoms with van der Waals surface area (Å²) in [5.41, 5.74) is 8.86. The van der Waals surface area contributed by atoms with E-state index in [1.807, 2.05) is 30.5 Å². The summed E-state index contributed by atoms with van der Waals surface area (Å²) in [6, 6.07) is 48.7. The van der Waals surface area contributed by atoms with Gasteiger partial charge in [-0.05, 0) is 42.0 Å². The monoisotopic (exact) mass is 512 g/mol. The Kier molecular flexibility index (Phi) is 5.10. The number of para-hydroxylation sites is 2. The first-order valence-corrected chi connectivity index (χ1v) is 13.4. The SMILES string of the molecule is c1ccc(-c2ccccc2-n2c3ccccc3c3c4nc(-c5ccccc5)n(-c5ccccn5)c4ccc32)cc1. The second-order valence-corrected chi connectivity index (χ2v) is 9.89. The fraction of sp³-hybridized carbons (Fsp3) is 0. The minimum Gasteiger partial charge on any atom is -0.309 e. The van der Waals surface area contributed by atoms with E-state index in [0.717, 1.165) is 50.3 Å². The molecule has 0 unspecified atom stereocenters. The highest BCUT2D eigenvalue weighted by Gasteiger charge is 2.22. The number of fused-ring (bicyclic) bond motifs is 5. The van der Waals surface area contributed by atoms with Crippen molar-refractivity contribution in [3.8, 4) is 34.0 Å². The Morgan fingerprint density at radius 2 is 1.15 bits per heavy atom. The van der Waals surface area contributed by atoms with Gasteiger partial charge >= 0.3 is 0 Å². The van der Waals surface area contributed by atoms with Crippen LogP contribution in [-0.4, -0.2) is 19.1 Å². The van der Waals surface area contributed by atoms with Crippen LogP contribution in [0.15, 0.2) is 146 Å². The molecule has 8 rings (SSSR count). The molecular formula is C36H24N4. The van der Waals surface area contributed by atoms with Crippen LogP contribution >= 0.6 is 0 Å². The fourth-order valence-electron chi connectivity index (χ4n) is 5.88. The van der Waals surface area contributed by atoms with Gasteiger partial charge in [0.05, 0.1) is 27.8 Å². The highest BCUT2D eigenvalue weighted by molar-refractivity contribution is 6.20. The van der Waals surface area contributed by atoms with Gasteiger partial charge in [-0.25, -0.2) is 9.97 Å². The smallest absolute Gasteiger partial charge is 0.146 e. The lowest BCUT2D eigenvalue weighted by Crippen LogP contribution is -1.99. The Morgan fingerprint density at radius 1 is 0.475 bits per heavy atom. The maximum Gasteiger partial charge on any atom is 0.146 e. The van der Waals surface area contributed by atoms with Crippen molar-refractivity contribution in [2.45, 2.75) is 0 Å². The summed E-state index contributed by atoms with van der Waals surface area (Å²) < 4.78 is 4.56. The summed E-state index contributed by atoms with van der Waals surface area (Å²) in [6.45, 7) is 0. The number of benzene rings is 5. The maximum absolute atomic E-state index is 5.33. The predicted octanol–water partition coefficient (Wildman–Crippen LogP) is 8.85. The second kappa shape index (κ2) is 9.07. The number of hydrogen-bond acceptors (Lipinski definition) is 2. The van der Waals surface area contributed by atoms with Gasteiger partial charge in [0.15, 0.2) is 0 Å². The van der Waals surface area contributed by atoms with E-state index < -0.39 is 0 Å². The zero-order valence-electron chi connectivity index (χ0n) is 21.6. The van der Waals surface area contributed by atoms with E-state index >= 15 is 0 Å². The molecule has 0 spiro atoms. The molecule has 0 aliphatic heterocycles. The fourth-order valence-corrected chi connectivity index (χ4v) is 5.88. The molecule has 4 nitrogen and oxygen atoms in total. The summed E-state index contributed by atoms with van der Waals surface area (Å²) in [4.78, 5) is 10.1. The second-order valence-electron chi connectivity index (χ2n) is 9.89. The minimum atomic E-state index is 0.848. The van der Waals surface area contributed by atoms with Gasteiger partial charge in [0.2, 0.25) is 0 Å². The molecular weight excluding hydrogens is 488 g/mol. The van der Waals surface area contributed by atoms with Crippen LogP contribution in [0.1, 0.15) is 0 Å². The van der Waals surface area contributed by atoms with Crippen LogP contribution < -0.4 is 0 Å². The average Bonchev–Trinajstić information content (AvgIpc) is 3.58. The van der Waals surface area contributed by atoms with Gasteiger partial charge in [0.25, 0.3) is 0 Å². The van der Waals surface area contributed by atoms with Crippen molar-refractivity contribution in [3.63, 3.8) is 0 Å². The summed E-state index contributed by atoms with van der Waals surface area (Å²) in [7, 11) is 0. The van der Waals surface area contributed by atoms with Gasteiger partial charge in [-0.3, -0.25) is 4.57 Å². The molecule has 0 saturated heterocycles. The molecule has 8 aromatic rings. The first kappa shape index (κ1) is 22.5. The van der Waals surface area contributed by atoms with Crippen LogP contribution in [0.25, 0.3) is 66.9 Å².